The lowest BCUT2D eigenvalue weighted by Crippen LogP contribution is -2.14. The van der Waals surface area contributed by atoms with Crippen LogP contribution in [0.25, 0.3) is 22.5 Å². The number of hydrogen-bond donors (Lipinski definition) is 1. The highest BCUT2D eigenvalue weighted by atomic mass is 16.1. The maximum absolute atomic E-state index is 13.0. The van der Waals surface area contributed by atoms with Gasteiger partial charge in [-0.25, -0.2) is 0 Å². The van der Waals surface area contributed by atoms with Gasteiger partial charge in [-0.15, -0.1) is 10.2 Å². The number of pyridine rings is 2. The predicted octanol–water partition coefficient (Wildman–Crippen LogP) is 5.50. The number of aromatic nitrogens is 5. The van der Waals surface area contributed by atoms with Crippen molar-refractivity contribution in [3.05, 3.63) is 78.6 Å². The summed E-state index contributed by atoms with van der Waals surface area (Å²) in [5, 5.41) is 11.5. The molecule has 170 valence electrons. The van der Waals surface area contributed by atoms with Crippen LogP contribution in [-0.4, -0.2) is 30.6 Å². The number of amides is 1. The van der Waals surface area contributed by atoms with Crippen molar-refractivity contribution in [1.82, 2.24) is 24.7 Å². The molecule has 0 radical (unpaired) electrons. The number of benzene rings is 1. The van der Waals surface area contributed by atoms with Gasteiger partial charge in [-0.2, -0.15) is 0 Å². The fourth-order valence-electron chi connectivity index (χ4n) is 4.42. The first-order valence-electron chi connectivity index (χ1n) is 11.9. The molecule has 7 heteroatoms. The molecule has 3 heterocycles. The monoisotopic (exact) mass is 450 g/mol. The minimum Gasteiger partial charge on any atom is -0.321 e. The molecule has 0 unspecified atom stereocenters. The van der Waals surface area contributed by atoms with E-state index in [0.29, 0.717) is 29.3 Å². The third-order valence-corrected chi connectivity index (χ3v) is 6.80. The lowest BCUT2D eigenvalue weighted by atomic mass is 10.1. The van der Waals surface area contributed by atoms with Gasteiger partial charge in [-0.05, 0) is 74.4 Å². The van der Waals surface area contributed by atoms with Crippen molar-refractivity contribution in [3.63, 3.8) is 0 Å². The zero-order valence-electron chi connectivity index (χ0n) is 19.1. The molecule has 0 saturated heterocycles. The average molecular weight is 451 g/mol. The molecule has 1 amide bonds. The van der Waals surface area contributed by atoms with Gasteiger partial charge < -0.3 is 9.88 Å². The molecule has 4 aromatic rings. The number of hydrogen-bond acceptors (Lipinski definition) is 5. The highest BCUT2D eigenvalue weighted by Crippen LogP contribution is 2.41. The predicted molar refractivity (Wildman–Crippen MR) is 130 cm³/mol. The first-order chi connectivity index (χ1) is 16.7. The molecule has 2 aliphatic rings. The van der Waals surface area contributed by atoms with Crippen LogP contribution < -0.4 is 5.32 Å². The van der Waals surface area contributed by atoms with Crippen molar-refractivity contribution in [3.8, 4) is 22.5 Å². The van der Waals surface area contributed by atoms with E-state index in [4.69, 9.17) is 0 Å². The number of carbonyl (C=O) groups is 1. The van der Waals surface area contributed by atoms with Gasteiger partial charge in [0.25, 0.3) is 5.91 Å². The molecule has 6 rings (SSSR count). The second kappa shape index (κ2) is 8.48. The molecule has 1 atom stereocenters. The van der Waals surface area contributed by atoms with Crippen molar-refractivity contribution in [1.29, 1.82) is 0 Å². The standard InChI is InChI=1S/C27H26N6O/c1-17(18-5-6-18)33-16-30-32-26(33)21-3-2-4-23(13-21)31-27(34)25-14-20(11-12-28-25)22-9-10-24(29-15-22)19-7-8-19/h2-4,9-19H,5-8H2,1H3,(H,31,34)/t17-/m0/s1. The van der Waals surface area contributed by atoms with Gasteiger partial charge in [0.2, 0.25) is 0 Å². The summed E-state index contributed by atoms with van der Waals surface area (Å²) >= 11 is 0. The minimum absolute atomic E-state index is 0.255. The van der Waals surface area contributed by atoms with E-state index in [2.05, 4.69) is 49.1 Å². The van der Waals surface area contributed by atoms with Crippen molar-refractivity contribution in [2.24, 2.45) is 5.92 Å². The SMILES string of the molecule is C[C@@H](C1CC1)n1cnnc1-c1cccc(NC(=O)c2cc(-c3ccc(C4CC4)nc3)ccn2)c1. The highest BCUT2D eigenvalue weighted by molar-refractivity contribution is 6.03. The Labute approximate surface area is 198 Å². The summed E-state index contributed by atoms with van der Waals surface area (Å²) < 4.78 is 2.13. The smallest absolute Gasteiger partial charge is 0.274 e. The van der Waals surface area contributed by atoms with Crippen LogP contribution in [0.15, 0.2) is 67.3 Å². The Bertz CT molecular complexity index is 1340. The summed E-state index contributed by atoms with van der Waals surface area (Å²) in [5.74, 6) is 1.87. The first kappa shape index (κ1) is 20.7. The summed E-state index contributed by atoms with van der Waals surface area (Å²) in [4.78, 5) is 21.9. The van der Waals surface area contributed by atoms with Crippen molar-refractivity contribution in [2.45, 2.75) is 44.6 Å². The van der Waals surface area contributed by atoms with Gasteiger partial charge in [0, 0.05) is 46.9 Å². The zero-order chi connectivity index (χ0) is 23.1. The number of nitrogens with zero attached hydrogens (tertiary/aromatic N) is 5. The second-order valence-electron chi connectivity index (χ2n) is 9.35. The van der Waals surface area contributed by atoms with Gasteiger partial charge in [-0.3, -0.25) is 14.8 Å². The van der Waals surface area contributed by atoms with Crippen LogP contribution in [0, 0.1) is 5.92 Å². The molecule has 0 bridgehead atoms. The molecule has 2 saturated carbocycles. The van der Waals surface area contributed by atoms with E-state index >= 15 is 0 Å². The molecule has 1 aromatic carbocycles. The van der Waals surface area contributed by atoms with Gasteiger partial charge in [-0.1, -0.05) is 18.2 Å². The Morgan fingerprint density at radius 1 is 1.00 bits per heavy atom. The molecular weight excluding hydrogens is 424 g/mol. The van der Waals surface area contributed by atoms with Crippen LogP contribution in [-0.2, 0) is 0 Å². The Morgan fingerprint density at radius 2 is 1.88 bits per heavy atom. The van der Waals surface area contributed by atoms with Crippen LogP contribution >= 0.6 is 0 Å². The minimum atomic E-state index is -0.255. The number of carbonyl (C=O) groups excluding carboxylic acids is 1. The molecule has 1 N–H and O–H groups in total. The summed E-state index contributed by atoms with van der Waals surface area (Å²) in [5.41, 5.74) is 5.03. The number of anilines is 1. The van der Waals surface area contributed by atoms with Crippen molar-refractivity contribution >= 4 is 11.6 Å². The molecule has 34 heavy (non-hydrogen) atoms. The summed E-state index contributed by atoms with van der Waals surface area (Å²) in [6.45, 7) is 2.21. The van der Waals surface area contributed by atoms with Crippen LogP contribution in [0.1, 0.15) is 60.7 Å². The lowest BCUT2D eigenvalue weighted by Gasteiger charge is -2.15. The van der Waals surface area contributed by atoms with E-state index in [9.17, 15) is 4.79 Å². The van der Waals surface area contributed by atoms with E-state index in [-0.39, 0.29) is 5.91 Å². The Hall–Kier alpha value is -3.87. The molecule has 0 aliphatic heterocycles. The van der Waals surface area contributed by atoms with Crippen LogP contribution in [0.2, 0.25) is 0 Å². The van der Waals surface area contributed by atoms with Crippen LogP contribution in [0.5, 0.6) is 0 Å². The zero-order valence-corrected chi connectivity index (χ0v) is 19.1. The average Bonchev–Trinajstić information content (AvgIpc) is 3.81. The van der Waals surface area contributed by atoms with E-state index in [1.54, 1.807) is 18.6 Å². The Kier molecular flexibility index (Phi) is 5.17. The van der Waals surface area contributed by atoms with E-state index in [1.807, 2.05) is 36.5 Å². The number of rotatable bonds is 7. The van der Waals surface area contributed by atoms with Gasteiger partial charge in [0.05, 0.1) is 0 Å². The molecule has 7 nitrogen and oxygen atoms in total. The van der Waals surface area contributed by atoms with E-state index < -0.39 is 0 Å². The van der Waals surface area contributed by atoms with Crippen LogP contribution in [0.4, 0.5) is 5.69 Å². The Morgan fingerprint density at radius 3 is 2.65 bits per heavy atom. The Balaban J connectivity index is 1.20. The maximum Gasteiger partial charge on any atom is 0.274 e. The fraction of sp³-hybridized carbons (Fsp3) is 0.296. The maximum atomic E-state index is 13.0. The van der Waals surface area contributed by atoms with E-state index in [0.717, 1.165) is 28.2 Å². The normalized spacial score (nSPS) is 16.3. The summed E-state index contributed by atoms with van der Waals surface area (Å²) in [7, 11) is 0. The third-order valence-electron chi connectivity index (χ3n) is 6.80. The van der Waals surface area contributed by atoms with Crippen LogP contribution in [0.3, 0.4) is 0 Å². The summed E-state index contributed by atoms with van der Waals surface area (Å²) in [6, 6.07) is 15.9. The fourth-order valence-corrected chi connectivity index (χ4v) is 4.42. The van der Waals surface area contributed by atoms with Gasteiger partial charge in [0.15, 0.2) is 5.82 Å². The highest BCUT2D eigenvalue weighted by Gasteiger charge is 2.30. The number of nitrogens with one attached hydrogen (secondary N) is 1. The quantitative estimate of drug-likeness (QED) is 0.402. The molecule has 2 aliphatic carbocycles. The molecular formula is C27H26N6O. The largest absolute Gasteiger partial charge is 0.321 e. The second-order valence-corrected chi connectivity index (χ2v) is 9.35. The lowest BCUT2D eigenvalue weighted by molar-refractivity contribution is 0.102. The van der Waals surface area contributed by atoms with E-state index in [1.165, 1.54) is 25.7 Å². The topological polar surface area (TPSA) is 85.6 Å². The van der Waals surface area contributed by atoms with Crippen molar-refractivity contribution < 1.29 is 4.79 Å². The molecule has 3 aromatic heterocycles. The summed E-state index contributed by atoms with van der Waals surface area (Å²) in [6.07, 6.45) is 10.3. The van der Waals surface area contributed by atoms with Gasteiger partial charge in [0.1, 0.15) is 12.0 Å². The molecule has 0 spiro atoms. The molecule has 2 fully saturated rings. The first-order valence-corrected chi connectivity index (χ1v) is 11.9. The third kappa shape index (κ3) is 4.21. The van der Waals surface area contributed by atoms with Gasteiger partial charge >= 0.3 is 0 Å². The van der Waals surface area contributed by atoms with Crippen molar-refractivity contribution in [2.75, 3.05) is 5.32 Å².